The van der Waals surface area contributed by atoms with Gasteiger partial charge in [0.05, 0.1) is 11.3 Å². The molecule has 3 N–H and O–H groups in total. The molecule has 1 aliphatic carbocycles. The molecule has 0 aromatic heterocycles. The SMILES string of the molecule is CC(CCCC(=O)O)NC(=O)c1ccccc1NC(=O)OCC1c2ccccc2-c2ccccc21. The fourth-order valence-corrected chi connectivity index (χ4v) is 4.47. The molecule has 1 atom stereocenters. The Morgan fingerprint density at radius 3 is 2.17 bits per heavy atom. The second-order valence-electron chi connectivity index (χ2n) is 8.66. The third-order valence-corrected chi connectivity index (χ3v) is 6.16. The van der Waals surface area contributed by atoms with Gasteiger partial charge in [0.25, 0.3) is 5.91 Å². The van der Waals surface area contributed by atoms with Gasteiger partial charge in [-0.05, 0) is 54.2 Å². The zero-order valence-corrected chi connectivity index (χ0v) is 19.5. The molecule has 180 valence electrons. The monoisotopic (exact) mass is 472 g/mol. The summed E-state index contributed by atoms with van der Waals surface area (Å²) in [7, 11) is 0. The van der Waals surface area contributed by atoms with E-state index in [0.29, 0.717) is 24.1 Å². The number of anilines is 1. The number of ether oxygens (including phenoxy) is 1. The number of para-hydroxylation sites is 1. The zero-order valence-electron chi connectivity index (χ0n) is 19.5. The van der Waals surface area contributed by atoms with Crippen molar-refractivity contribution in [1.82, 2.24) is 5.32 Å². The van der Waals surface area contributed by atoms with Crippen molar-refractivity contribution in [1.29, 1.82) is 0 Å². The summed E-state index contributed by atoms with van der Waals surface area (Å²) in [6, 6.07) is 22.7. The van der Waals surface area contributed by atoms with Crippen LogP contribution in [0.4, 0.5) is 10.5 Å². The normalized spacial score (nSPS) is 12.8. The number of carboxylic acids is 1. The van der Waals surface area contributed by atoms with Gasteiger partial charge >= 0.3 is 12.1 Å². The number of nitrogens with one attached hydrogen (secondary N) is 2. The van der Waals surface area contributed by atoms with Crippen molar-refractivity contribution in [2.75, 3.05) is 11.9 Å². The van der Waals surface area contributed by atoms with Crippen LogP contribution in [0.5, 0.6) is 0 Å². The predicted octanol–water partition coefficient (Wildman–Crippen LogP) is 5.42. The molecular formula is C28H28N2O5. The van der Waals surface area contributed by atoms with Crippen LogP contribution in [0.3, 0.4) is 0 Å². The number of benzene rings is 3. The summed E-state index contributed by atoms with van der Waals surface area (Å²) in [5.74, 6) is -1.26. The zero-order chi connectivity index (χ0) is 24.8. The van der Waals surface area contributed by atoms with Gasteiger partial charge in [-0.2, -0.15) is 0 Å². The van der Waals surface area contributed by atoms with Crippen molar-refractivity contribution in [3.05, 3.63) is 89.5 Å². The fraction of sp³-hybridized carbons (Fsp3) is 0.250. The topological polar surface area (TPSA) is 105 Å². The molecule has 7 nitrogen and oxygen atoms in total. The van der Waals surface area contributed by atoms with Crippen LogP contribution in [0.1, 0.15) is 53.6 Å². The molecule has 3 aromatic rings. The molecule has 3 aromatic carbocycles. The van der Waals surface area contributed by atoms with Gasteiger partial charge < -0.3 is 15.2 Å². The Morgan fingerprint density at radius 2 is 1.51 bits per heavy atom. The van der Waals surface area contributed by atoms with Crippen LogP contribution in [0, 0.1) is 0 Å². The first-order chi connectivity index (χ1) is 16.9. The van der Waals surface area contributed by atoms with Crippen LogP contribution in [0.15, 0.2) is 72.8 Å². The summed E-state index contributed by atoms with van der Waals surface area (Å²) in [5.41, 5.74) is 5.20. The Bertz CT molecular complexity index is 1190. The van der Waals surface area contributed by atoms with E-state index in [-0.39, 0.29) is 30.9 Å². The Kier molecular flexibility index (Phi) is 7.45. The van der Waals surface area contributed by atoms with E-state index in [2.05, 4.69) is 34.9 Å². The summed E-state index contributed by atoms with van der Waals surface area (Å²) < 4.78 is 5.60. The van der Waals surface area contributed by atoms with Gasteiger partial charge in [0.1, 0.15) is 6.61 Å². The molecule has 7 heteroatoms. The first-order valence-corrected chi connectivity index (χ1v) is 11.7. The van der Waals surface area contributed by atoms with Crippen molar-refractivity contribution in [3.8, 4) is 11.1 Å². The molecule has 1 unspecified atom stereocenters. The van der Waals surface area contributed by atoms with Crippen LogP contribution < -0.4 is 10.6 Å². The van der Waals surface area contributed by atoms with E-state index < -0.39 is 12.1 Å². The number of fused-ring (bicyclic) bond motifs is 3. The smallest absolute Gasteiger partial charge is 0.411 e. The van der Waals surface area contributed by atoms with E-state index in [9.17, 15) is 14.4 Å². The molecule has 0 bridgehead atoms. The average Bonchev–Trinajstić information content (AvgIpc) is 3.16. The molecule has 0 aliphatic heterocycles. The van der Waals surface area contributed by atoms with Crippen molar-refractivity contribution in [2.24, 2.45) is 0 Å². The Morgan fingerprint density at radius 1 is 0.914 bits per heavy atom. The van der Waals surface area contributed by atoms with Gasteiger partial charge in [-0.15, -0.1) is 0 Å². The maximum atomic E-state index is 12.8. The maximum Gasteiger partial charge on any atom is 0.411 e. The van der Waals surface area contributed by atoms with E-state index in [0.717, 1.165) is 22.3 Å². The fourth-order valence-electron chi connectivity index (χ4n) is 4.47. The van der Waals surface area contributed by atoms with Crippen LogP contribution in [0.2, 0.25) is 0 Å². The van der Waals surface area contributed by atoms with Crippen molar-refractivity contribution in [2.45, 2.75) is 38.1 Å². The molecule has 0 saturated carbocycles. The van der Waals surface area contributed by atoms with E-state index in [4.69, 9.17) is 9.84 Å². The van der Waals surface area contributed by atoms with Gasteiger partial charge in [-0.1, -0.05) is 60.7 Å². The molecule has 4 rings (SSSR count). The Hall–Kier alpha value is -4.13. The number of amides is 2. The van der Waals surface area contributed by atoms with E-state index in [1.807, 2.05) is 31.2 Å². The lowest BCUT2D eigenvalue weighted by molar-refractivity contribution is -0.137. The van der Waals surface area contributed by atoms with E-state index in [1.54, 1.807) is 24.3 Å². The Labute approximate surface area is 204 Å². The Balaban J connectivity index is 1.38. The number of carboxylic acid groups (broad SMARTS) is 1. The first-order valence-electron chi connectivity index (χ1n) is 11.7. The van der Waals surface area contributed by atoms with Crippen LogP contribution in [0.25, 0.3) is 11.1 Å². The lowest BCUT2D eigenvalue weighted by Gasteiger charge is -2.17. The highest BCUT2D eigenvalue weighted by molar-refractivity contribution is 6.02. The van der Waals surface area contributed by atoms with Crippen LogP contribution in [-0.4, -0.2) is 35.7 Å². The molecule has 0 heterocycles. The molecule has 35 heavy (non-hydrogen) atoms. The standard InChI is InChI=1S/C28H28N2O5/c1-18(9-8-16-26(31)32)29-27(33)23-14-6-7-15-25(23)30-28(34)35-17-24-21-12-4-2-10-19(21)20-11-3-5-13-22(20)24/h2-7,10-15,18,24H,8-9,16-17H2,1H3,(H,29,33)(H,30,34)(H,31,32). The van der Waals surface area contributed by atoms with Gasteiger partial charge in [-0.3, -0.25) is 14.9 Å². The van der Waals surface area contributed by atoms with Crippen molar-refractivity contribution >= 4 is 23.7 Å². The minimum Gasteiger partial charge on any atom is -0.481 e. The lowest BCUT2D eigenvalue weighted by atomic mass is 9.98. The molecule has 0 radical (unpaired) electrons. The summed E-state index contributed by atoms with van der Waals surface area (Å²) in [6.07, 6.45) is 0.429. The van der Waals surface area contributed by atoms with Crippen molar-refractivity contribution < 1.29 is 24.2 Å². The molecule has 0 fully saturated rings. The molecular weight excluding hydrogens is 444 g/mol. The van der Waals surface area contributed by atoms with Gasteiger partial charge in [0.2, 0.25) is 0 Å². The predicted molar refractivity (Wildman–Crippen MR) is 134 cm³/mol. The van der Waals surface area contributed by atoms with Crippen molar-refractivity contribution in [3.63, 3.8) is 0 Å². The van der Waals surface area contributed by atoms with E-state index in [1.165, 1.54) is 0 Å². The first kappa shape index (κ1) is 24.0. The van der Waals surface area contributed by atoms with Crippen LogP contribution >= 0.6 is 0 Å². The third-order valence-electron chi connectivity index (χ3n) is 6.16. The van der Waals surface area contributed by atoms with Crippen LogP contribution in [-0.2, 0) is 9.53 Å². The number of carbonyl (C=O) groups excluding carboxylic acids is 2. The third kappa shape index (κ3) is 5.69. The summed E-state index contributed by atoms with van der Waals surface area (Å²) >= 11 is 0. The maximum absolute atomic E-state index is 12.8. The number of hydrogen-bond acceptors (Lipinski definition) is 4. The second-order valence-corrected chi connectivity index (χ2v) is 8.66. The quantitative estimate of drug-likeness (QED) is 0.386. The molecule has 0 saturated heterocycles. The molecule has 2 amide bonds. The molecule has 1 aliphatic rings. The highest BCUT2D eigenvalue weighted by Gasteiger charge is 2.29. The summed E-state index contributed by atoms with van der Waals surface area (Å²) in [6.45, 7) is 2.00. The largest absolute Gasteiger partial charge is 0.481 e. The highest BCUT2D eigenvalue weighted by atomic mass is 16.5. The van der Waals surface area contributed by atoms with Gasteiger partial charge in [0, 0.05) is 18.4 Å². The summed E-state index contributed by atoms with van der Waals surface area (Å²) in [5, 5.41) is 14.3. The van der Waals surface area contributed by atoms with Gasteiger partial charge in [0.15, 0.2) is 0 Å². The molecule has 0 spiro atoms. The van der Waals surface area contributed by atoms with Gasteiger partial charge in [-0.25, -0.2) is 4.79 Å². The van der Waals surface area contributed by atoms with E-state index >= 15 is 0 Å². The minimum absolute atomic E-state index is 0.0557. The number of rotatable bonds is 9. The number of hydrogen-bond donors (Lipinski definition) is 3. The average molecular weight is 473 g/mol. The summed E-state index contributed by atoms with van der Waals surface area (Å²) in [4.78, 5) is 36.1. The second kappa shape index (κ2) is 10.9. The number of carbonyl (C=O) groups is 3. The highest BCUT2D eigenvalue weighted by Crippen LogP contribution is 2.44. The number of aliphatic carboxylic acids is 1. The lowest BCUT2D eigenvalue weighted by Crippen LogP contribution is -2.33. The minimum atomic E-state index is -0.860.